The van der Waals surface area contributed by atoms with Gasteiger partial charge in [-0.3, -0.25) is 0 Å². The molecule has 1 atom stereocenters. The van der Waals surface area contributed by atoms with Crippen LogP contribution in [0, 0.1) is 6.92 Å². The maximum atomic E-state index is 12.9. The van der Waals surface area contributed by atoms with Crippen LogP contribution in [0.4, 0.5) is 10.2 Å². The number of nitrogens with zero attached hydrogens (tertiary/aromatic N) is 4. The van der Waals surface area contributed by atoms with Gasteiger partial charge in [0.05, 0.1) is 11.9 Å². The van der Waals surface area contributed by atoms with E-state index in [0.717, 1.165) is 22.3 Å². The van der Waals surface area contributed by atoms with E-state index in [1.54, 1.807) is 6.20 Å². The third-order valence-electron chi connectivity index (χ3n) is 4.73. The Labute approximate surface area is 179 Å². The van der Waals surface area contributed by atoms with Gasteiger partial charge < -0.3 is 15.5 Å². The van der Waals surface area contributed by atoms with Crippen molar-refractivity contribution in [1.82, 2.24) is 25.5 Å². The largest absolute Gasteiger partial charge is 0.414 e. The first-order chi connectivity index (χ1) is 15.0. The van der Waals surface area contributed by atoms with Crippen LogP contribution in [-0.4, -0.2) is 32.9 Å². The fraction of sp³-hybridized carbons (Fsp3) is 0.217. The zero-order valence-electron chi connectivity index (χ0n) is 17.3. The van der Waals surface area contributed by atoms with E-state index < -0.39 is 6.17 Å². The van der Waals surface area contributed by atoms with E-state index in [1.165, 1.54) is 6.92 Å². The number of rotatable bonds is 7. The van der Waals surface area contributed by atoms with Crippen LogP contribution in [0.3, 0.4) is 0 Å². The second kappa shape index (κ2) is 9.01. The van der Waals surface area contributed by atoms with Crippen LogP contribution in [0.25, 0.3) is 34.3 Å². The highest BCUT2D eigenvalue weighted by Crippen LogP contribution is 2.28. The average molecular weight is 418 g/mol. The fourth-order valence-corrected chi connectivity index (χ4v) is 3.04. The summed E-state index contributed by atoms with van der Waals surface area (Å²) in [6.45, 7) is 4.45. The molecule has 0 spiro atoms. The van der Waals surface area contributed by atoms with Crippen molar-refractivity contribution >= 4 is 5.82 Å². The highest BCUT2D eigenvalue weighted by atomic mass is 19.1. The van der Waals surface area contributed by atoms with E-state index in [4.69, 9.17) is 10.2 Å². The molecule has 4 rings (SSSR count). The van der Waals surface area contributed by atoms with Crippen molar-refractivity contribution in [2.75, 3.05) is 12.3 Å². The number of alkyl halides is 1. The van der Waals surface area contributed by atoms with E-state index in [-0.39, 0.29) is 11.7 Å². The van der Waals surface area contributed by atoms with Crippen LogP contribution in [0.2, 0.25) is 0 Å². The normalized spacial score (nSPS) is 12.1. The minimum Gasteiger partial charge on any atom is -0.414 e. The first-order valence-electron chi connectivity index (χ1n) is 9.97. The van der Waals surface area contributed by atoms with Gasteiger partial charge in [0.25, 0.3) is 5.89 Å². The lowest BCUT2D eigenvalue weighted by Crippen LogP contribution is -2.21. The molecule has 31 heavy (non-hydrogen) atoms. The number of benzene rings is 2. The molecule has 1 unspecified atom stereocenters. The van der Waals surface area contributed by atoms with Crippen LogP contribution < -0.4 is 11.1 Å². The molecule has 0 saturated carbocycles. The number of halogens is 1. The number of hydrogen-bond donors (Lipinski definition) is 2. The van der Waals surface area contributed by atoms with E-state index in [9.17, 15) is 4.39 Å². The Balaban J connectivity index is 1.54. The lowest BCUT2D eigenvalue weighted by molar-refractivity contribution is 0.344. The molecule has 7 nitrogen and oxygen atoms in total. The highest BCUT2D eigenvalue weighted by molar-refractivity contribution is 5.68. The van der Waals surface area contributed by atoms with Gasteiger partial charge in [-0.15, -0.1) is 10.2 Å². The number of nitrogen functional groups attached to an aromatic ring is 1. The number of hydrogen-bond acceptors (Lipinski definition) is 7. The van der Waals surface area contributed by atoms with Crippen LogP contribution in [0.1, 0.15) is 18.1 Å². The smallest absolute Gasteiger partial charge is 0.270 e. The molecule has 0 fully saturated rings. The first-order valence-corrected chi connectivity index (χ1v) is 9.97. The molecule has 0 aliphatic heterocycles. The van der Waals surface area contributed by atoms with Crippen molar-refractivity contribution < 1.29 is 8.81 Å². The van der Waals surface area contributed by atoms with Crippen LogP contribution in [0.15, 0.2) is 59.1 Å². The van der Waals surface area contributed by atoms with E-state index in [2.05, 4.69) is 25.5 Å². The molecule has 2 heterocycles. The summed E-state index contributed by atoms with van der Waals surface area (Å²) < 4.78 is 18.7. The van der Waals surface area contributed by atoms with Crippen molar-refractivity contribution in [2.24, 2.45) is 0 Å². The molecular formula is C23H23FN6O. The number of nitrogens with two attached hydrogens (primary N) is 1. The molecule has 8 heteroatoms. The summed E-state index contributed by atoms with van der Waals surface area (Å²) in [6, 6.07) is 15.6. The Kier molecular flexibility index (Phi) is 5.99. The van der Waals surface area contributed by atoms with Crippen molar-refractivity contribution in [3.8, 4) is 34.3 Å². The molecule has 0 aliphatic carbocycles. The van der Waals surface area contributed by atoms with Crippen molar-refractivity contribution in [3.05, 3.63) is 65.9 Å². The zero-order chi connectivity index (χ0) is 21.8. The molecule has 0 aliphatic rings. The van der Waals surface area contributed by atoms with Gasteiger partial charge in [0.2, 0.25) is 5.89 Å². The molecule has 2 aromatic carbocycles. The summed E-state index contributed by atoms with van der Waals surface area (Å²) in [5, 5.41) is 11.3. The summed E-state index contributed by atoms with van der Waals surface area (Å²) in [5.41, 5.74) is 10.9. The van der Waals surface area contributed by atoms with Gasteiger partial charge in [0.15, 0.2) is 11.5 Å². The summed E-state index contributed by atoms with van der Waals surface area (Å²) in [4.78, 5) is 8.83. The summed E-state index contributed by atoms with van der Waals surface area (Å²) in [5.74, 6) is 0.778. The number of aryl methyl sites for hydroxylation is 1. The van der Waals surface area contributed by atoms with Crippen LogP contribution in [-0.2, 0) is 6.54 Å². The Morgan fingerprint density at radius 3 is 2.39 bits per heavy atom. The Hall–Kier alpha value is -3.65. The average Bonchev–Trinajstić information content (AvgIpc) is 3.25. The number of nitrogens with one attached hydrogen (secondary N) is 1. The molecular weight excluding hydrogens is 395 g/mol. The first kappa shape index (κ1) is 20.6. The lowest BCUT2D eigenvalue weighted by Gasteiger charge is -2.06. The van der Waals surface area contributed by atoms with Crippen molar-refractivity contribution in [3.63, 3.8) is 0 Å². The maximum Gasteiger partial charge on any atom is 0.270 e. The van der Waals surface area contributed by atoms with E-state index in [0.29, 0.717) is 30.4 Å². The molecule has 4 aromatic rings. The summed E-state index contributed by atoms with van der Waals surface area (Å²) >= 11 is 0. The molecule has 158 valence electrons. The third kappa shape index (κ3) is 4.92. The van der Waals surface area contributed by atoms with Gasteiger partial charge in [-0.2, -0.15) is 0 Å². The molecule has 0 bridgehead atoms. The minimum absolute atomic E-state index is 0.205. The second-order valence-electron chi connectivity index (χ2n) is 7.38. The minimum atomic E-state index is -0.879. The Bertz CT molecular complexity index is 1160. The SMILES string of the molecule is Cc1ccc(-c2cnc(N)c(-c3nnc(-c4ccc(CNCC(C)F)cc4)o3)n2)cc1. The number of anilines is 1. The van der Waals surface area contributed by atoms with Crippen LogP contribution >= 0.6 is 0 Å². The Morgan fingerprint density at radius 2 is 1.68 bits per heavy atom. The number of aromatic nitrogens is 4. The Morgan fingerprint density at radius 1 is 1.00 bits per heavy atom. The standard InChI is InChI=1S/C23H23FN6O/c1-14-3-7-17(8-4-14)19-13-27-21(25)20(28-19)23-30-29-22(31-23)18-9-5-16(6-10-18)12-26-11-15(2)24/h3-10,13,15,26H,11-12H2,1-2H3,(H2,25,27). The van der Waals surface area contributed by atoms with Gasteiger partial charge in [-0.05, 0) is 31.5 Å². The topological polar surface area (TPSA) is 103 Å². The predicted molar refractivity (Wildman–Crippen MR) is 118 cm³/mol. The van der Waals surface area contributed by atoms with Gasteiger partial charge in [-0.25, -0.2) is 14.4 Å². The van der Waals surface area contributed by atoms with E-state index >= 15 is 0 Å². The van der Waals surface area contributed by atoms with Gasteiger partial charge in [0, 0.05) is 24.2 Å². The summed E-state index contributed by atoms with van der Waals surface area (Å²) in [7, 11) is 0. The van der Waals surface area contributed by atoms with Gasteiger partial charge in [0.1, 0.15) is 6.17 Å². The molecule has 0 saturated heterocycles. The maximum absolute atomic E-state index is 12.9. The van der Waals surface area contributed by atoms with Crippen LogP contribution in [0.5, 0.6) is 0 Å². The monoisotopic (exact) mass is 418 g/mol. The lowest BCUT2D eigenvalue weighted by atomic mass is 10.1. The third-order valence-corrected chi connectivity index (χ3v) is 4.73. The zero-order valence-corrected chi connectivity index (χ0v) is 17.3. The fourth-order valence-electron chi connectivity index (χ4n) is 3.04. The second-order valence-corrected chi connectivity index (χ2v) is 7.38. The van der Waals surface area contributed by atoms with Crippen molar-refractivity contribution in [2.45, 2.75) is 26.6 Å². The van der Waals surface area contributed by atoms with Crippen molar-refractivity contribution in [1.29, 1.82) is 0 Å². The molecule has 3 N–H and O–H groups in total. The molecule has 2 aromatic heterocycles. The van der Waals surface area contributed by atoms with Gasteiger partial charge >= 0.3 is 0 Å². The van der Waals surface area contributed by atoms with Gasteiger partial charge in [-0.1, -0.05) is 42.0 Å². The predicted octanol–water partition coefficient (Wildman–Crippen LogP) is 4.20. The highest BCUT2D eigenvalue weighted by Gasteiger charge is 2.17. The molecule has 0 amide bonds. The quantitative estimate of drug-likeness (QED) is 0.464. The van der Waals surface area contributed by atoms with E-state index in [1.807, 2.05) is 55.5 Å². The summed E-state index contributed by atoms with van der Waals surface area (Å²) in [6.07, 6.45) is 0.744. The molecule has 0 radical (unpaired) electrons.